The number of allylic oxidation sites excluding steroid dienone is 1. The highest BCUT2D eigenvalue weighted by atomic mass is 35.5. The first-order chi connectivity index (χ1) is 16.0. The van der Waals surface area contributed by atoms with E-state index in [9.17, 15) is 5.11 Å². The number of benzene rings is 2. The number of aromatic nitrogens is 1. The molecule has 6 heteroatoms. The number of nitrogens with one attached hydrogen (secondary N) is 1. The Bertz CT molecular complexity index is 1260. The average molecular weight is 462 g/mol. The lowest BCUT2D eigenvalue weighted by Crippen LogP contribution is -2.27. The van der Waals surface area contributed by atoms with Crippen molar-refractivity contribution in [1.82, 2.24) is 10.3 Å². The molecule has 4 rings (SSSR count). The molecule has 0 amide bonds. The predicted molar refractivity (Wildman–Crippen MR) is 137 cm³/mol. The van der Waals surface area contributed by atoms with Crippen molar-refractivity contribution < 1.29 is 9.52 Å². The van der Waals surface area contributed by atoms with Gasteiger partial charge < -0.3 is 19.7 Å². The Hall–Kier alpha value is -3.28. The van der Waals surface area contributed by atoms with Crippen LogP contribution in [0.2, 0.25) is 5.22 Å². The van der Waals surface area contributed by atoms with E-state index in [0.717, 1.165) is 58.6 Å². The number of likely N-dealkylation sites (N-methyl/N-ethyl adjacent to an activating group) is 2. The van der Waals surface area contributed by atoms with Crippen LogP contribution in [-0.4, -0.2) is 37.3 Å². The van der Waals surface area contributed by atoms with Gasteiger partial charge >= 0.3 is 0 Å². The number of rotatable bonds is 8. The summed E-state index contributed by atoms with van der Waals surface area (Å²) < 4.78 is 5.55. The zero-order chi connectivity index (χ0) is 23.4. The van der Waals surface area contributed by atoms with Crippen molar-refractivity contribution in [2.75, 3.05) is 32.1 Å². The summed E-state index contributed by atoms with van der Waals surface area (Å²) in [5.74, 6) is 1.16. The number of furan rings is 1. The molecule has 0 spiro atoms. The second-order valence-corrected chi connectivity index (χ2v) is 8.36. The molecule has 0 saturated heterocycles. The van der Waals surface area contributed by atoms with E-state index in [1.54, 1.807) is 12.1 Å². The highest BCUT2D eigenvalue weighted by Crippen LogP contribution is 2.36. The Morgan fingerprint density at radius 3 is 2.42 bits per heavy atom. The topological polar surface area (TPSA) is 61.5 Å². The van der Waals surface area contributed by atoms with E-state index in [4.69, 9.17) is 21.0 Å². The maximum absolute atomic E-state index is 9.85. The van der Waals surface area contributed by atoms with Gasteiger partial charge in [-0.05, 0) is 83.7 Å². The van der Waals surface area contributed by atoms with Crippen LogP contribution in [0, 0.1) is 0 Å². The largest absolute Gasteiger partial charge is 0.508 e. The van der Waals surface area contributed by atoms with Gasteiger partial charge in [0, 0.05) is 43.4 Å². The molecule has 0 aliphatic heterocycles. The number of fused-ring (bicyclic) bond motifs is 1. The van der Waals surface area contributed by atoms with Crippen LogP contribution in [0.4, 0.5) is 5.82 Å². The fourth-order valence-electron chi connectivity index (χ4n) is 4.02. The van der Waals surface area contributed by atoms with E-state index in [1.165, 1.54) is 5.57 Å². The molecule has 0 saturated carbocycles. The molecule has 0 atom stereocenters. The Morgan fingerprint density at radius 1 is 1.03 bits per heavy atom. The predicted octanol–water partition coefficient (Wildman–Crippen LogP) is 6.21. The van der Waals surface area contributed by atoms with Gasteiger partial charge in [-0.2, -0.15) is 0 Å². The first kappa shape index (κ1) is 22.9. The van der Waals surface area contributed by atoms with Crippen LogP contribution in [0.5, 0.6) is 5.75 Å². The highest BCUT2D eigenvalue weighted by molar-refractivity contribution is 6.29. The van der Waals surface area contributed by atoms with Gasteiger partial charge in [0.05, 0.1) is 0 Å². The Kier molecular flexibility index (Phi) is 7.02. The van der Waals surface area contributed by atoms with Crippen LogP contribution in [0.3, 0.4) is 0 Å². The molecule has 0 radical (unpaired) electrons. The van der Waals surface area contributed by atoms with Crippen LogP contribution in [-0.2, 0) is 0 Å². The maximum Gasteiger partial charge on any atom is 0.194 e. The first-order valence-electron chi connectivity index (χ1n) is 11.0. The van der Waals surface area contributed by atoms with Crippen molar-refractivity contribution in [2.45, 2.75) is 13.3 Å². The number of anilines is 1. The molecule has 2 aromatic heterocycles. The third-order valence-corrected chi connectivity index (χ3v) is 5.96. The lowest BCUT2D eigenvalue weighted by atomic mass is 9.88. The number of phenolic OH excluding ortho intramolecular Hbond substituents is 1. The van der Waals surface area contributed by atoms with Crippen LogP contribution in [0.25, 0.3) is 22.1 Å². The van der Waals surface area contributed by atoms with E-state index in [1.807, 2.05) is 44.6 Å². The first-order valence-corrected chi connectivity index (χ1v) is 11.4. The molecule has 0 fully saturated rings. The van der Waals surface area contributed by atoms with Gasteiger partial charge in [0.2, 0.25) is 0 Å². The zero-order valence-corrected chi connectivity index (χ0v) is 19.9. The van der Waals surface area contributed by atoms with Crippen LogP contribution in [0.15, 0.2) is 71.3 Å². The molecule has 2 N–H and O–H groups in total. The average Bonchev–Trinajstić information content (AvgIpc) is 3.21. The number of hydrogen-bond donors (Lipinski definition) is 2. The summed E-state index contributed by atoms with van der Waals surface area (Å²) in [6.07, 6.45) is 2.74. The van der Waals surface area contributed by atoms with E-state index >= 15 is 0 Å². The molecule has 2 heterocycles. The third kappa shape index (κ3) is 5.05. The van der Waals surface area contributed by atoms with Crippen molar-refractivity contribution in [3.05, 3.63) is 88.8 Å². The molecule has 0 bridgehead atoms. The van der Waals surface area contributed by atoms with Crippen LogP contribution < -0.4 is 10.2 Å². The quantitative estimate of drug-likeness (QED) is 0.305. The number of phenols is 1. The summed E-state index contributed by atoms with van der Waals surface area (Å²) in [5.41, 5.74) is 6.17. The summed E-state index contributed by atoms with van der Waals surface area (Å²) in [7, 11) is 3.99. The van der Waals surface area contributed by atoms with E-state index in [-0.39, 0.29) is 5.75 Å². The molecule has 2 aromatic carbocycles. The van der Waals surface area contributed by atoms with E-state index in [2.05, 4.69) is 41.4 Å². The van der Waals surface area contributed by atoms with Gasteiger partial charge in [0.1, 0.15) is 17.2 Å². The molecule has 0 aliphatic carbocycles. The normalized spacial score (nSPS) is 12.1. The molecule has 0 unspecified atom stereocenters. The van der Waals surface area contributed by atoms with Gasteiger partial charge in [-0.25, -0.2) is 4.98 Å². The van der Waals surface area contributed by atoms with Gasteiger partial charge in [0.15, 0.2) is 5.22 Å². The molecule has 170 valence electrons. The maximum atomic E-state index is 9.85. The SMILES string of the molecule is CCC(=C(c1ccc(O)cc1)c1ccc(N(C)CCNC)nc1)c1ccc2oc(Cl)cc2c1. The molecule has 4 aromatic rings. The second-order valence-electron chi connectivity index (χ2n) is 7.99. The smallest absolute Gasteiger partial charge is 0.194 e. The summed E-state index contributed by atoms with van der Waals surface area (Å²) in [6.45, 7) is 3.91. The van der Waals surface area contributed by atoms with Gasteiger partial charge in [0.25, 0.3) is 0 Å². The molecule has 33 heavy (non-hydrogen) atoms. The Balaban J connectivity index is 1.84. The highest BCUT2D eigenvalue weighted by Gasteiger charge is 2.15. The molecular weight excluding hydrogens is 434 g/mol. The Labute approximate surface area is 199 Å². The lowest BCUT2D eigenvalue weighted by molar-refractivity contribution is 0.475. The number of hydrogen-bond acceptors (Lipinski definition) is 5. The van der Waals surface area contributed by atoms with E-state index in [0.29, 0.717) is 5.22 Å². The number of pyridine rings is 1. The monoisotopic (exact) mass is 461 g/mol. The second kappa shape index (κ2) is 10.1. The fraction of sp³-hybridized carbons (Fsp3) is 0.222. The fourth-order valence-corrected chi connectivity index (χ4v) is 4.22. The van der Waals surface area contributed by atoms with Gasteiger partial charge in [-0.1, -0.05) is 25.1 Å². The van der Waals surface area contributed by atoms with Gasteiger partial charge in [-0.15, -0.1) is 0 Å². The summed E-state index contributed by atoms with van der Waals surface area (Å²) in [5, 5.41) is 14.4. The van der Waals surface area contributed by atoms with Crippen LogP contribution in [0.1, 0.15) is 30.0 Å². The number of halogens is 1. The summed E-state index contributed by atoms with van der Waals surface area (Å²) in [6, 6.07) is 19.5. The summed E-state index contributed by atoms with van der Waals surface area (Å²) in [4.78, 5) is 6.87. The van der Waals surface area contributed by atoms with Crippen molar-refractivity contribution in [2.24, 2.45) is 0 Å². The minimum absolute atomic E-state index is 0.241. The summed E-state index contributed by atoms with van der Waals surface area (Å²) >= 11 is 6.07. The zero-order valence-electron chi connectivity index (χ0n) is 19.1. The number of nitrogens with zero attached hydrogens (tertiary/aromatic N) is 2. The minimum Gasteiger partial charge on any atom is -0.508 e. The van der Waals surface area contributed by atoms with Crippen molar-refractivity contribution in [3.8, 4) is 5.75 Å². The van der Waals surface area contributed by atoms with Crippen molar-refractivity contribution in [1.29, 1.82) is 0 Å². The molecule has 0 aliphatic rings. The van der Waals surface area contributed by atoms with Crippen LogP contribution >= 0.6 is 11.6 Å². The lowest BCUT2D eigenvalue weighted by Gasteiger charge is -2.20. The third-order valence-electron chi connectivity index (χ3n) is 5.77. The minimum atomic E-state index is 0.241. The Morgan fingerprint density at radius 2 is 1.76 bits per heavy atom. The number of aromatic hydroxyl groups is 1. The van der Waals surface area contributed by atoms with Crippen molar-refractivity contribution in [3.63, 3.8) is 0 Å². The standard InChI is InChI=1S/C27H28ClN3O2/c1-4-23(19-7-11-24-21(15-19)16-25(28)33-24)27(18-5-9-22(32)10-6-18)20-8-12-26(30-17-20)31(3)14-13-29-2/h5-12,15-17,29,32H,4,13-14H2,1-3H3. The molecule has 5 nitrogen and oxygen atoms in total. The molecular formula is C27H28ClN3O2. The van der Waals surface area contributed by atoms with Crippen molar-refractivity contribution >= 4 is 39.5 Å². The van der Waals surface area contributed by atoms with E-state index < -0.39 is 0 Å². The van der Waals surface area contributed by atoms with Gasteiger partial charge in [-0.3, -0.25) is 0 Å².